The number of hydrogen-bond donors (Lipinski definition) is 0. The summed E-state index contributed by atoms with van der Waals surface area (Å²) in [4.78, 5) is 23.5. The van der Waals surface area contributed by atoms with E-state index in [9.17, 15) is 13.2 Å². The zero-order valence-corrected chi connectivity index (χ0v) is 21.4. The first kappa shape index (κ1) is 24.7. The summed E-state index contributed by atoms with van der Waals surface area (Å²) < 4.78 is 50.4. The first-order valence-corrected chi connectivity index (χ1v) is 12.7. The van der Waals surface area contributed by atoms with Gasteiger partial charge in [-0.25, -0.2) is 27.6 Å². The maximum atomic E-state index is 15.0. The van der Waals surface area contributed by atoms with Crippen LogP contribution in [0.15, 0.2) is 9.63 Å². The van der Waals surface area contributed by atoms with Crippen LogP contribution in [0.25, 0.3) is 10.9 Å². The van der Waals surface area contributed by atoms with Crippen LogP contribution in [0.2, 0.25) is 5.02 Å². The van der Waals surface area contributed by atoms with Crippen LogP contribution in [-0.2, 0) is 14.6 Å². The normalized spacial score (nSPS) is 14.2. The molecule has 32 heavy (non-hydrogen) atoms. The molecule has 1 aliphatic heterocycles. The Morgan fingerprint density at radius 1 is 1.38 bits per heavy atom. The van der Waals surface area contributed by atoms with E-state index in [2.05, 4.69) is 25.9 Å². The summed E-state index contributed by atoms with van der Waals surface area (Å²) in [6, 6.07) is 0. The predicted octanol–water partition coefficient (Wildman–Crippen LogP) is 3.65. The molecule has 1 aromatic heterocycles. The number of rotatable bonds is 4. The van der Waals surface area contributed by atoms with Crippen LogP contribution in [0.1, 0.15) is 20.8 Å². The second kappa shape index (κ2) is 8.79. The van der Waals surface area contributed by atoms with Gasteiger partial charge in [0.05, 0.1) is 16.4 Å². The Morgan fingerprint density at radius 3 is 2.62 bits per heavy atom. The van der Waals surface area contributed by atoms with E-state index in [1.54, 1.807) is 32.7 Å². The second-order valence-electron chi connectivity index (χ2n) is 8.33. The van der Waals surface area contributed by atoms with Crippen molar-refractivity contribution in [3.8, 4) is 5.75 Å². The monoisotopic (exact) mass is 552 g/mol. The van der Waals surface area contributed by atoms with Gasteiger partial charge >= 0.3 is 6.09 Å². The van der Waals surface area contributed by atoms with E-state index in [4.69, 9.17) is 21.1 Å². The maximum Gasteiger partial charge on any atom is 0.410 e. The molecule has 0 atom stereocenters. The van der Waals surface area contributed by atoms with Crippen molar-refractivity contribution in [3.05, 3.63) is 15.3 Å². The van der Waals surface area contributed by atoms with Crippen LogP contribution in [0.4, 0.5) is 15.0 Å². The predicted molar refractivity (Wildman–Crippen MR) is 122 cm³/mol. The third kappa shape index (κ3) is 5.01. The number of halogens is 3. The standard InChI is InChI=1S/C19H23BrClFN4O5S/c1-19(2,3)31-18(27)25(4)6-7-26-8-9-30-15-10-14(13(22)11(20)12(15)21)23-17(24-16(10)26)32(5,28)29/h6-9H2,1-5H3. The molecule has 0 radical (unpaired) electrons. The first-order chi connectivity index (χ1) is 14.7. The molecule has 0 bridgehead atoms. The Morgan fingerprint density at radius 2 is 2.03 bits per heavy atom. The fraction of sp³-hybridized carbons (Fsp3) is 0.526. The van der Waals surface area contributed by atoms with Gasteiger partial charge in [-0.05, 0) is 36.7 Å². The zero-order chi connectivity index (χ0) is 24.0. The van der Waals surface area contributed by atoms with Gasteiger partial charge in [-0.2, -0.15) is 0 Å². The fourth-order valence-electron chi connectivity index (χ4n) is 3.02. The molecule has 0 unspecified atom stereocenters. The molecule has 13 heteroatoms. The molecular weight excluding hydrogens is 531 g/mol. The number of aromatic nitrogens is 2. The highest BCUT2D eigenvalue weighted by Gasteiger charge is 2.30. The van der Waals surface area contributed by atoms with Crippen molar-refractivity contribution in [2.45, 2.75) is 31.5 Å². The molecule has 176 valence electrons. The van der Waals surface area contributed by atoms with Gasteiger partial charge in [-0.15, -0.1) is 0 Å². The summed E-state index contributed by atoms with van der Waals surface area (Å²) in [6.45, 7) is 6.25. The molecule has 0 saturated carbocycles. The Labute approximate surface area is 198 Å². The van der Waals surface area contributed by atoms with Crippen LogP contribution in [0.5, 0.6) is 5.75 Å². The van der Waals surface area contributed by atoms with Gasteiger partial charge in [0.15, 0.2) is 11.6 Å². The number of amides is 1. The van der Waals surface area contributed by atoms with Gasteiger partial charge in [-0.3, -0.25) is 0 Å². The van der Waals surface area contributed by atoms with E-state index in [0.29, 0.717) is 6.54 Å². The average molecular weight is 554 g/mol. The van der Waals surface area contributed by atoms with Crippen molar-refractivity contribution in [1.29, 1.82) is 0 Å². The third-order valence-electron chi connectivity index (χ3n) is 4.54. The summed E-state index contributed by atoms with van der Waals surface area (Å²) in [5.74, 6) is -0.500. The van der Waals surface area contributed by atoms with Crippen LogP contribution in [0.3, 0.4) is 0 Å². The van der Waals surface area contributed by atoms with Crippen molar-refractivity contribution in [3.63, 3.8) is 0 Å². The number of benzene rings is 1. The smallest absolute Gasteiger partial charge is 0.410 e. The van der Waals surface area contributed by atoms with E-state index >= 15 is 4.39 Å². The van der Waals surface area contributed by atoms with E-state index in [0.717, 1.165) is 6.26 Å². The lowest BCUT2D eigenvalue weighted by atomic mass is 10.2. The number of sulfone groups is 1. The topological polar surface area (TPSA) is 102 Å². The minimum absolute atomic E-state index is 0.000298. The second-order valence-corrected chi connectivity index (χ2v) is 11.4. The molecule has 1 aromatic carbocycles. The van der Waals surface area contributed by atoms with E-state index in [1.807, 2.05) is 0 Å². The number of hydrogen-bond acceptors (Lipinski definition) is 8. The SMILES string of the molecule is CN(CCN1CCOc2c(Cl)c(Br)c(F)c3nc(S(C)(=O)=O)nc1c23)C(=O)OC(C)(C)C. The van der Waals surface area contributed by atoms with E-state index in [-0.39, 0.29) is 51.7 Å². The fourth-order valence-corrected chi connectivity index (χ4v) is 4.13. The summed E-state index contributed by atoms with van der Waals surface area (Å²) >= 11 is 9.37. The van der Waals surface area contributed by atoms with E-state index in [1.165, 1.54) is 4.90 Å². The first-order valence-electron chi connectivity index (χ1n) is 9.61. The maximum absolute atomic E-state index is 15.0. The molecule has 0 aliphatic carbocycles. The molecule has 1 amide bonds. The van der Waals surface area contributed by atoms with Crippen LogP contribution in [-0.4, -0.2) is 74.5 Å². The molecule has 0 N–H and O–H groups in total. The lowest BCUT2D eigenvalue weighted by Gasteiger charge is -2.28. The highest BCUT2D eigenvalue weighted by atomic mass is 79.9. The molecular formula is C19H23BrClFN4O5S. The number of ether oxygens (including phenoxy) is 2. The van der Waals surface area contributed by atoms with Crippen molar-refractivity contribution in [2.75, 3.05) is 44.4 Å². The van der Waals surface area contributed by atoms with Crippen LogP contribution < -0.4 is 9.64 Å². The molecule has 0 fully saturated rings. The summed E-state index contributed by atoms with van der Waals surface area (Å²) in [7, 11) is -2.26. The Kier molecular flexibility index (Phi) is 6.79. The molecule has 9 nitrogen and oxygen atoms in total. The number of anilines is 1. The Bertz CT molecular complexity index is 1190. The highest BCUT2D eigenvalue weighted by Crippen LogP contribution is 2.45. The number of carbonyl (C=O) groups is 1. The molecule has 2 heterocycles. The molecule has 0 spiro atoms. The summed E-state index contributed by atoms with van der Waals surface area (Å²) in [6.07, 6.45) is 0.435. The Balaban J connectivity index is 2.07. The Hall–Kier alpha value is -1.92. The van der Waals surface area contributed by atoms with Crippen molar-refractivity contribution >= 4 is 60.2 Å². The summed E-state index contributed by atoms with van der Waals surface area (Å²) in [5.41, 5.74) is -0.875. The van der Waals surface area contributed by atoms with Crippen molar-refractivity contribution < 1.29 is 27.1 Å². The highest BCUT2D eigenvalue weighted by molar-refractivity contribution is 9.10. The number of nitrogens with zero attached hydrogens (tertiary/aromatic N) is 4. The van der Waals surface area contributed by atoms with Gasteiger partial charge in [0, 0.05) is 26.4 Å². The average Bonchev–Trinajstić information content (AvgIpc) is 2.86. The minimum atomic E-state index is -3.84. The molecule has 3 rings (SSSR count). The van der Waals surface area contributed by atoms with Gasteiger partial charge in [-0.1, -0.05) is 11.6 Å². The quantitative estimate of drug-likeness (QED) is 0.418. The van der Waals surface area contributed by atoms with Crippen LogP contribution in [0, 0.1) is 5.82 Å². The van der Waals surface area contributed by atoms with Crippen molar-refractivity contribution in [1.82, 2.24) is 14.9 Å². The summed E-state index contributed by atoms with van der Waals surface area (Å²) in [5, 5.41) is -0.355. The minimum Gasteiger partial charge on any atom is -0.489 e. The van der Waals surface area contributed by atoms with Gasteiger partial charge in [0.25, 0.3) is 0 Å². The molecule has 1 aliphatic rings. The van der Waals surface area contributed by atoms with Crippen molar-refractivity contribution in [2.24, 2.45) is 0 Å². The van der Waals surface area contributed by atoms with Gasteiger partial charge < -0.3 is 19.3 Å². The molecule has 2 aromatic rings. The number of carbonyl (C=O) groups excluding carboxylic acids is 1. The number of likely N-dealkylation sites (N-methyl/N-ethyl adjacent to an activating group) is 1. The lowest BCUT2D eigenvalue weighted by Crippen LogP contribution is -2.40. The van der Waals surface area contributed by atoms with E-state index < -0.39 is 32.5 Å². The zero-order valence-electron chi connectivity index (χ0n) is 18.2. The lowest BCUT2D eigenvalue weighted by molar-refractivity contribution is 0.0303. The van der Waals surface area contributed by atoms with Crippen LogP contribution >= 0.6 is 27.5 Å². The van der Waals surface area contributed by atoms with Gasteiger partial charge in [0.2, 0.25) is 15.0 Å². The third-order valence-corrected chi connectivity index (χ3v) is 6.72. The van der Waals surface area contributed by atoms with Gasteiger partial charge in [0.1, 0.15) is 28.6 Å². The largest absolute Gasteiger partial charge is 0.489 e. The molecule has 0 saturated heterocycles.